The van der Waals surface area contributed by atoms with Crippen molar-refractivity contribution in [3.05, 3.63) is 83.8 Å². The van der Waals surface area contributed by atoms with Crippen LogP contribution in [0.5, 0.6) is 0 Å². The van der Waals surface area contributed by atoms with Gasteiger partial charge in [-0.05, 0) is 36.6 Å². The highest BCUT2D eigenvalue weighted by molar-refractivity contribution is 5.85. The first kappa shape index (κ1) is 24.0. The average Bonchev–Trinajstić information content (AvgIpc) is 2.85. The third-order valence-corrected chi connectivity index (χ3v) is 7.88. The summed E-state index contributed by atoms with van der Waals surface area (Å²) in [5.41, 5.74) is 1.58. The lowest BCUT2D eigenvalue weighted by molar-refractivity contribution is -0.766. The van der Waals surface area contributed by atoms with Gasteiger partial charge in [-0.1, -0.05) is 13.8 Å². The largest absolute Gasteiger partial charge is 0.461 e. The third kappa shape index (κ3) is 3.60. The summed E-state index contributed by atoms with van der Waals surface area (Å²) in [7, 11) is 1.37. The minimum absolute atomic E-state index is 0.388. The number of aromatic nitrogens is 2. The van der Waals surface area contributed by atoms with E-state index in [9.17, 15) is 9.18 Å². The van der Waals surface area contributed by atoms with E-state index in [4.69, 9.17) is 4.74 Å². The van der Waals surface area contributed by atoms with E-state index in [2.05, 4.69) is 25.3 Å². The third-order valence-electron chi connectivity index (χ3n) is 7.88. The number of esters is 1. The van der Waals surface area contributed by atoms with Crippen molar-refractivity contribution in [2.75, 3.05) is 7.11 Å². The standard InChI is InChI=1S/C28H32F2N2O2/c1-5-27(3)28(6-2,14-11-16-31-15-9-7-13-24(31)26(33)34-4)21-18-20(29)19-22(30)25(21)23-12-8-10-17-32(23)27/h7-10,12-13,15,17-19H,5-6,11,14,16H2,1-4H3/q+2. The molecule has 0 radical (unpaired) electrons. The quantitative estimate of drug-likeness (QED) is 0.352. The lowest BCUT2D eigenvalue weighted by atomic mass is 9.57. The lowest BCUT2D eigenvalue weighted by Gasteiger charge is -2.48. The predicted molar refractivity (Wildman–Crippen MR) is 125 cm³/mol. The summed E-state index contributed by atoms with van der Waals surface area (Å²) in [5, 5.41) is 0. The SMILES string of the molecule is CCC1(CCC[n+]2ccccc2C(=O)OC)c2cc(F)cc(F)c2-c2cccc[n+]2C1(C)CC. The molecule has 3 heterocycles. The number of fused-ring (bicyclic) bond motifs is 3. The molecule has 0 spiro atoms. The molecule has 2 unspecified atom stereocenters. The molecule has 0 bridgehead atoms. The van der Waals surface area contributed by atoms with E-state index in [0.717, 1.165) is 36.6 Å². The van der Waals surface area contributed by atoms with Crippen molar-refractivity contribution in [3.8, 4) is 11.3 Å². The van der Waals surface area contributed by atoms with Crippen molar-refractivity contribution < 1.29 is 27.4 Å². The molecule has 0 fully saturated rings. The summed E-state index contributed by atoms with van der Waals surface area (Å²) >= 11 is 0. The van der Waals surface area contributed by atoms with Gasteiger partial charge in [0.15, 0.2) is 17.9 Å². The van der Waals surface area contributed by atoms with Crippen molar-refractivity contribution in [1.29, 1.82) is 0 Å². The summed E-state index contributed by atoms with van der Waals surface area (Å²) in [6.07, 6.45) is 6.82. The van der Waals surface area contributed by atoms with Crippen molar-refractivity contribution in [3.63, 3.8) is 0 Å². The van der Waals surface area contributed by atoms with Gasteiger partial charge in [0.25, 0.3) is 5.69 Å². The monoisotopic (exact) mass is 466 g/mol. The minimum atomic E-state index is -0.553. The molecular weight excluding hydrogens is 434 g/mol. The number of carbonyl (C=O) groups excluding carboxylic acids is 1. The number of aryl methyl sites for hydroxylation is 1. The molecule has 34 heavy (non-hydrogen) atoms. The van der Waals surface area contributed by atoms with Crippen molar-refractivity contribution >= 4 is 5.97 Å². The molecule has 2 atom stereocenters. The molecule has 4 nitrogen and oxygen atoms in total. The molecule has 0 aliphatic carbocycles. The van der Waals surface area contributed by atoms with Crippen LogP contribution in [-0.2, 0) is 22.2 Å². The summed E-state index contributed by atoms with van der Waals surface area (Å²) in [6, 6.07) is 13.7. The Bertz CT molecular complexity index is 1230. The highest BCUT2D eigenvalue weighted by Gasteiger charge is 2.59. The van der Waals surface area contributed by atoms with Crippen LogP contribution in [0.25, 0.3) is 11.3 Å². The Labute approximate surface area is 199 Å². The molecule has 0 N–H and O–H groups in total. The van der Waals surface area contributed by atoms with Gasteiger partial charge < -0.3 is 4.74 Å². The Balaban J connectivity index is 1.81. The Hall–Kier alpha value is -3.15. The van der Waals surface area contributed by atoms with Gasteiger partial charge in [-0.15, -0.1) is 0 Å². The second kappa shape index (κ2) is 9.24. The molecule has 1 aromatic carbocycles. The van der Waals surface area contributed by atoms with E-state index < -0.39 is 22.6 Å². The van der Waals surface area contributed by atoms with E-state index in [0.29, 0.717) is 24.2 Å². The fourth-order valence-electron chi connectivity index (χ4n) is 5.98. The van der Waals surface area contributed by atoms with Gasteiger partial charge in [-0.25, -0.2) is 13.6 Å². The van der Waals surface area contributed by atoms with Crippen LogP contribution in [0.15, 0.2) is 60.9 Å². The maximum atomic E-state index is 15.3. The van der Waals surface area contributed by atoms with Crippen LogP contribution < -0.4 is 9.13 Å². The molecule has 6 heteroatoms. The van der Waals surface area contributed by atoms with Gasteiger partial charge >= 0.3 is 5.97 Å². The number of nitrogens with zero attached hydrogens (tertiary/aromatic N) is 2. The average molecular weight is 467 g/mol. The molecule has 0 saturated heterocycles. The highest BCUT2D eigenvalue weighted by Crippen LogP contribution is 2.53. The van der Waals surface area contributed by atoms with Crippen LogP contribution in [-0.4, -0.2) is 13.1 Å². The zero-order valence-electron chi connectivity index (χ0n) is 20.3. The minimum Gasteiger partial charge on any atom is -0.461 e. The van der Waals surface area contributed by atoms with Gasteiger partial charge in [0.1, 0.15) is 18.2 Å². The molecule has 2 aromatic heterocycles. The fraction of sp³-hybridized carbons (Fsp3) is 0.393. The smallest absolute Gasteiger partial charge is 0.403 e. The number of hydrogen-bond acceptors (Lipinski definition) is 2. The van der Waals surface area contributed by atoms with Gasteiger partial charge in [-0.3, -0.25) is 0 Å². The van der Waals surface area contributed by atoms with Crippen LogP contribution in [0, 0.1) is 11.6 Å². The van der Waals surface area contributed by atoms with Crippen LogP contribution >= 0.6 is 0 Å². The first-order valence-electron chi connectivity index (χ1n) is 11.9. The van der Waals surface area contributed by atoms with E-state index in [1.165, 1.54) is 13.2 Å². The van der Waals surface area contributed by atoms with E-state index in [1.807, 2.05) is 41.2 Å². The van der Waals surface area contributed by atoms with E-state index in [-0.39, 0.29) is 5.97 Å². The van der Waals surface area contributed by atoms with Gasteiger partial charge in [0.05, 0.1) is 18.1 Å². The first-order valence-corrected chi connectivity index (χ1v) is 11.9. The van der Waals surface area contributed by atoms with Gasteiger partial charge in [-0.2, -0.15) is 9.13 Å². The predicted octanol–water partition coefficient (Wildman–Crippen LogP) is 5.26. The molecule has 0 amide bonds. The highest BCUT2D eigenvalue weighted by atomic mass is 19.1. The Kier molecular flexibility index (Phi) is 6.52. The molecule has 178 valence electrons. The number of pyridine rings is 2. The molecule has 1 aliphatic rings. The molecule has 0 saturated carbocycles. The molecule has 4 rings (SSSR count). The molecular formula is C28H32F2N2O2+2. The Morgan fingerprint density at radius 2 is 1.76 bits per heavy atom. The normalized spacial score (nSPS) is 21.0. The zero-order chi connectivity index (χ0) is 24.5. The fourth-order valence-corrected chi connectivity index (χ4v) is 5.98. The second-order valence-electron chi connectivity index (χ2n) is 9.20. The Morgan fingerprint density at radius 3 is 2.47 bits per heavy atom. The van der Waals surface area contributed by atoms with Crippen molar-refractivity contribution in [2.24, 2.45) is 0 Å². The summed E-state index contributed by atoms with van der Waals surface area (Å²) < 4.78 is 38.9. The maximum Gasteiger partial charge on any atom is 0.403 e. The maximum absolute atomic E-state index is 15.3. The summed E-state index contributed by atoms with van der Waals surface area (Å²) in [5.74, 6) is -1.47. The Morgan fingerprint density at radius 1 is 1.03 bits per heavy atom. The number of methoxy groups -OCH3 is 1. The van der Waals surface area contributed by atoms with Crippen LogP contribution in [0.3, 0.4) is 0 Å². The second-order valence-corrected chi connectivity index (χ2v) is 9.20. The van der Waals surface area contributed by atoms with Crippen molar-refractivity contribution in [2.45, 2.75) is 64.0 Å². The summed E-state index contributed by atoms with van der Waals surface area (Å²) in [4.78, 5) is 12.2. The lowest BCUT2D eigenvalue weighted by Crippen LogP contribution is -2.68. The van der Waals surface area contributed by atoms with E-state index in [1.54, 1.807) is 12.1 Å². The molecule has 3 aromatic rings. The van der Waals surface area contributed by atoms with Gasteiger partial charge in [0.2, 0.25) is 5.69 Å². The van der Waals surface area contributed by atoms with Crippen LogP contribution in [0.1, 0.15) is 62.5 Å². The zero-order valence-corrected chi connectivity index (χ0v) is 20.3. The van der Waals surface area contributed by atoms with Crippen LogP contribution in [0.4, 0.5) is 8.78 Å². The number of carbonyl (C=O) groups is 1. The van der Waals surface area contributed by atoms with Crippen molar-refractivity contribution in [1.82, 2.24) is 0 Å². The number of benzene rings is 1. The molecule has 1 aliphatic heterocycles. The number of rotatable bonds is 7. The topological polar surface area (TPSA) is 34.1 Å². The number of halogens is 2. The van der Waals surface area contributed by atoms with E-state index >= 15 is 4.39 Å². The van der Waals surface area contributed by atoms with Gasteiger partial charge in [0, 0.05) is 50.1 Å². The number of ether oxygens (including phenoxy) is 1. The number of hydrogen-bond donors (Lipinski definition) is 0. The van der Waals surface area contributed by atoms with Crippen LogP contribution in [0.2, 0.25) is 0 Å². The first-order chi connectivity index (χ1) is 16.3. The summed E-state index contributed by atoms with van der Waals surface area (Å²) in [6.45, 7) is 7.02.